The maximum Gasteiger partial charge on any atom is 0.321 e. The first kappa shape index (κ1) is 20.0. The molecule has 1 aromatic carbocycles. The molecule has 2 aromatic rings. The van der Waals surface area contributed by atoms with Crippen molar-refractivity contribution in [2.45, 2.75) is 50.6 Å². The summed E-state index contributed by atoms with van der Waals surface area (Å²) in [7, 11) is 1.86. The number of nitrogens with one attached hydrogen (secondary N) is 2. The number of hydrogen-bond acceptors (Lipinski definition) is 5. The first-order valence-electron chi connectivity index (χ1n) is 8.33. The summed E-state index contributed by atoms with van der Waals surface area (Å²) in [5.74, 6) is 0.362. The molecule has 0 aliphatic rings. The van der Waals surface area contributed by atoms with Crippen molar-refractivity contribution in [1.29, 1.82) is 0 Å². The number of nitrogens with zero attached hydrogens (tertiary/aromatic N) is 3. The molecule has 3 amide bonds. The molecule has 0 unspecified atom stereocenters. The van der Waals surface area contributed by atoms with Crippen LogP contribution in [0.15, 0.2) is 29.4 Å². The van der Waals surface area contributed by atoms with Gasteiger partial charge in [0.25, 0.3) is 0 Å². The normalized spacial score (nSPS) is 12.5. The molecule has 26 heavy (non-hydrogen) atoms. The van der Waals surface area contributed by atoms with Crippen LogP contribution in [0.5, 0.6) is 0 Å². The molecule has 1 atom stereocenters. The molecule has 0 saturated heterocycles. The first-order chi connectivity index (χ1) is 12.1. The third-order valence-corrected chi connectivity index (χ3v) is 4.73. The van der Waals surface area contributed by atoms with E-state index in [1.807, 2.05) is 63.6 Å². The van der Waals surface area contributed by atoms with Crippen LogP contribution in [0.3, 0.4) is 0 Å². The minimum absolute atomic E-state index is 0.378. The van der Waals surface area contributed by atoms with E-state index >= 15 is 0 Å². The van der Waals surface area contributed by atoms with Gasteiger partial charge in [0.05, 0.1) is 5.25 Å². The van der Waals surface area contributed by atoms with Crippen LogP contribution in [0.4, 0.5) is 4.79 Å². The summed E-state index contributed by atoms with van der Waals surface area (Å²) in [5.41, 5.74) is 1.69. The highest BCUT2D eigenvalue weighted by atomic mass is 32.2. The second-order valence-corrected chi connectivity index (χ2v) is 8.44. The summed E-state index contributed by atoms with van der Waals surface area (Å²) in [6.07, 6.45) is 0. The average molecular weight is 375 g/mol. The van der Waals surface area contributed by atoms with Gasteiger partial charge in [-0.1, -0.05) is 36.0 Å². The Morgan fingerprint density at radius 3 is 2.46 bits per heavy atom. The van der Waals surface area contributed by atoms with Crippen molar-refractivity contribution in [2.24, 2.45) is 7.05 Å². The molecule has 0 aliphatic carbocycles. The Bertz CT molecular complexity index is 810. The molecular weight excluding hydrogens is 350 g/mol. The molecule has 1 heterocycles. The van der Waals surface area contributed by atoms with Gasteiger partial charge in [0, 0.05) is 18.2 Å². The van der Waals surface area contributed by atoms with Gasteiger partial charge < -0.3 is 9.88 Å². The predicted octanol–water partition coefficient (Wildman–Crippen LogP) is 2.90. The van der Waals surface area contributed by atoms with Crippen LogP contribution in [0.25, 0.3) is 11.4 Å². The molecule has 2 rings (SSSR count). The van der Waals surface area contributed by atoms with Gasteiger partial charge in [-0.25, -0.2) is 4.79 Å². The molecule has 7 nitrogen and oxygen atoms in total. The molecule has 8 heteroatoms. The number of urea groups is 1. The summed E-state index contributed by atoms with van der Waals surface area (Å²) >= 11 is 1.26. The van der Waals surface area contributed by atoms with Gasteiger partial charge in [0.2, 0.25) is 5.91 Å². The molecule has 0 spiro atoms. The molecule has 0 bridgehead atoms. The predicted molar refractivity (Wildman–Crippen MR) is 103 cm³/mol. The molecule has 140 valence electrons. The van der Waals surface area contributed by atoms with Crippen molar-refractivity contribution >= 4 is 23.7 Å². The fourth-order valence-electron chi connectivity index (χ4n) is 2.27. The zero-order chi connectivity index (χ0) is 19.5. The molecule has 2 N–H and O–H groups in total. The summed E-state index contributed by atoms with van der Waals surface area (Å²) < 4.78 is 1.85. The lowest BCUT2D eigenvalue weighted by molar-refractivity contribution is -0.119. The maximum atomic E-state index is 12.2. The third kappa shape index (κ3) is 5.08. The maximum absolute atomic E-state index is 12.2. The van der Waals surface area contributed by atoms with Crippen LogP contribution in [0.1, 0.15) is 33.3 Å². The number of imide groups is 1. The van der Waals surface area contributed by atoms with Gasteiger partial charge in [-0.2, -0.15) is 0 Å². The van der Waals surface area contributed by atoms with Crippen molar-refractivity contribution in [1.82, 2.24) is 25.4 Å². The Labute approximate surface area is 158 Å². The minimum atomic E-state index is -0.506. The van der Waals surface area contributed by atoms with Crippen molar-refractivity contribution in [3.8, 4) is 11.4 Å². The summed E-state index contributed by atoms with van der Waals surface area (Å²) in [6.45, 7) is 9.29. The van der Waals surface area contributed by atoms with Gasteiger partial charge in [0.1, 0.15) is 0 Å². The SMILES string of the molecule is Cc1ccccc1-c1nnc(S[C@H](C)C(=O)NC(=O)NC(C)(C)C)n1C. The van der Waals surface area contributed by atoms with Crippen molar-refractivity contribution < 1.29 is 9.59 Å². The third-order valence-electron chi connectivity index (χ3n) is 3.60. The zero-order valence-corrected chi connectivity index (χ0v) is 16.8. The van der Waals surface area contributed by atoms with Crippen molar-refractivity contribution in [2.75, 3.05) is 0 Å². The van der Waals surface area contributed by atoms with Gasteiger partial charge in [-0.05, 0) is 40.2 Å². The van der Waals surface area contributed by atoms with Crippen molar-refractivity contribution in [3.05, 3.63) is 29.8 Å². The summed E-state index contributed by atoms with van der Waals surface area (Å²) in [6, 6.07) is 7.42. The van der Waals surface area contributed by atoms with E-state index in [9.17, 15) is 9.59 Å². The standard InChI is InChI=1S/C18H25N5O2S/c1-11-9-7-8-10-13(11)14-21-22-17(23(14)6)26-12(2)15(24)19-16(25)20-18(3,4)5/h7-10,12H,1-6H3,(H2,19,20,24,25)/t12-/m1/s1. The number of benzene rings is 1. The van der Waals surface area contributed by atoms with Crippen LogP contribution in [-0.4, -0.2) is 37.5 Å². The molecule has 0 saturated carbocycles. The zero-order valence-electron chi connectivity index (χ0n) is 16.0. The van der Waals surface area contributed by atoms with E-state index < -0.39 is 16.8 Å². The van der Waals surface area contributed by atoms with Crippen LogP contribution in [0, 0.1) is 6.92 Å². The molecule has 0 aliphatic heterocycles. The second-order valence-electron chi connectivity index (χ2n) is 7.13. The van der Waals surface area contributed by atoms with Gasteiger partial charge in [-0.15, -0.1) is 10.2 Å². The lowest BCUT2D eigenvalue weighted by atomic mass is 10.1. The van der Waals surface area contributed by atoms with E-state index in [4.69, 9.17) is 0 Å². The number of carbonyl (C=O) groups is 2. The second kappa shape index (κ2) is 7.90. The van der Waals surface area contributed by atoms with Gasteiger partial charge in [0.15, 0.2) is 11.0 Å². The Hall–Kier alpha value is -2.35. The Morgan fingerprint density at radius 2 is 1.85 bits per heavy atom. The molecule has 0 radical (unpaired) electrons. The average Bonchev–Trinajstić information content (AvgIpc) is 2.86. The monoisotopic (exact) mass is 375 g/mol. The summed E-state index contributed by atoms with van der Waals surface area (Å²) in [5, 5.41) is 13.6. The number of rotatable bonds is 4. The van der Waals surface area contributed by atoms with Crippen LogP contribution in [0.2, 0.25) is 0 Å². The van der Waals surface area contributed by atoms with E-state index in [0.717, 1.165) is 17.0 Å². The van der Waals surface area contributed by atoms with E-state index in [-0.39, 0.29) is 5.91 Å². The Balaban J connectivity index is 2.06. The van der Waals surface area contributed by atoms with Crippen LogP contribution in [-0.2, 0) is 11.8 Å². The number of thioether (sulfide) groups is 1. The van der Waals surface area contributed by atoms with Crippen LogP contribution < -0.4 is 10.6 Å². The van der Waals surface area contributed by atoms with E-state index in [1.54, 1.807) is 6.92 Å². The molecule has 1 aromatic heterocycles. The van der Waals surface area contributed by atoms with E-state index in [1.165, 1.54) is 11.8 Å². The molecule has 0 fully saturated rings. The fraction of sp³-hybridized carbons (Fsp3) is 0.444. The van der Waals surface area contributed by atoms with Crippen LogP contribution >= 0.6 is 11.8 Å². The van der Waals surface area contributed by atoms with Crippen molar-refractivity contribution in [3.63, 3.8) is 0 Å². The van der Waals surface area contributed by atoms with E-state index in [0.29, 0.717) is 5.16 Å². The summed E-state index contributed by atoms with van der Waals surface area (Å²) in [4.78, 5) is 24.1. The quantitative estimate of drug-likeness (QED) is 0.802. The lowest BCUT2D eigenvalue weighted by Gasteiger charge is -2.21. The fourth-order valence-corrected chi connectivity index (χ4v) is 3.09. The largest absolute Gasteiger partial charge is 0.333 e. The van der Waals surface area contributed by atoms with E-state index in [2.05, 4.69) is 20.8 Å². The number of aromatic nitrogens is 3. The highest BCUT2D eigenvalue weighted by Crippen LogP contribution is 2.27. The number of hydrogen-bond donors (Lipinski definition) is 2. The van der Waals surface area contributed by atoms with Gasteiger partial charge in [-0.3, -0.25) is 10.1 Å². The highest BCUT2D eigenvalue weighted by Gasteiger charge is 2.22. The topological polar surface area (TPSA) is 88.9 Å². The first-order valence-corrected chi connectivity index (χ1v) is 9.21. The molecular formula is C18H25N5O2S. The Morgan fingerprint density at radius 1 is 1.19 bits per heavy atom. The Kier molecular flexibility index (Phi) is 6.07. The smallest absolute Gasteiger partial charge is 0.321 e. The highest BCUT2D eigenvalue weighted by molar-refractivity contribution is 8.00. The number of carbonyl (C=O) groups excluding carboxylic acids is 2. The van der Waals surface area contributed by atoms with Gasteiger partial charge >= 0.3 is 6.03 Å². The number of amides is 3. The lowest BCUT2D eigenvalue weighted by Crippen LogP contribution is -2.49. The minimum Gasteiger partial charge on any atom is -0.333 e. The number of aryl methyl sites for hydroxylation is 1.